The molecular formula is C42H45ClF3N5O5. The van der Waals surface area contributed by atoms with Crippen LogP contribution < -0.4 is 20.1 Å². The van der Waals surface area contributed by atoms with Crippen LogP contribution in [0.3, 0.4) is 0 Å². The summed E-state index contributed by atoms with van der Waals surface area (Å²) >= 11 is 7.15. The maximum atomic E-state index is 14.7. The van der Waals surface area contributed by atoms with Gasteiger partial charge in [0.25, 0.3) is 0 Å². The Kier molecular flexibility index (Phi) is 11.2. The van der Waals surface area contributed by atoms with E-state index in [0.717, 1.165) is 65.1 Å². The molecular weight excluding hydrogens is 747 g/mol. The van der Waals surface area contributed by atoms with E-state index in [2.05, 4.69) is 15.6 Å². The van der Waals surface area contributed by atoms with Gasteiger partial charge in [-0.25, -0.2) is 4.98 Å². The predicted molar refractivity (Wildman–Crippen MR) is 207 cm³/mol. The van der Waals surface area contributed by atoms with E-state index in [-0.39, 0.29) is 35.8 Å². The molecule has 2 aliphatic heterocycles. The lowest BCUT2D eigenvalue weighted by atomic mass is 9.94. The van der Waals surface area contributed by atoms with Gasteiger partial charge in [-0.05, 0) is 93.7 Å². The van der Waals surface area contributed by atoms with Crippen molar-refractivity contribution in [1.82, 2.24) is 20.2 Å². The number of nitrogens with one attached hydrogen (secondary N) is 2. The highest BCUT2D eigenvalue weighted by atomic mass is 35.5. The summed E-state index contributed by atoms with van der Waals surface area (Å²) in [5.41, 5.74) is 3.84. The third-order valence-corrected chi connectivity index (χ3v) is 11.9. The highest BCUT2D eigenvalue weighted by molar-refractivity contribution is 6.36. The molecule has 4 heterocycles. The Morgan fingerprint density at radius 2 is 1.75 bits per heavy atom. The number of carbonyl (C=O) groups excluding carboxylic acids is 1. The molecule has 3 aliphatic rings. The second-order valence-corrected chi connectivity index (χ2v) is 15.4. The normalized spacial score (nSPS) is 20.9. The van der Waals surface area contributed by atoms with Gasteiger partial charge in [-0.2, -0.15) is 18.2 Å². The fourth-order valence-corrected chi connectivity index (χ4v) is 8.78. The number of benzene rings is 2. The Hall–Kier alpha value is -4.88. The van der Waals surface area contributed by atoms with Gasteiger partial charge in [-0.1, -0.05) is 54.1 Å². The average molecular weight is 792 g/mol. The highest BCUT2D eigenvalue weighted by Crippen LogP contribution is 2.45. The number of rotatable bonds is 13. The summed E-state index contributed by atoms with van der Waals surface area (Å²) in [5.74, 6) is -0.739. The number of likely N-dealkylation sites (tertiary alicyclic amines) is 1. The molecule has 4 aromatic rings. The van der Waals surface area contributed by atoms with Gasteiger partial charge in [-0.3, -0.25) is 14.5 Å². The largest absolute Gasteiger partial charge is 0.481 e. The molecule has 2 aromatic carbocycles. The molecule has 296 valence electrons. The van der Waals surface area contributed by atoms with Gasteiger partial charge in [0.05, 0.1) is 36.5 Å². The van der Waals surface area contributed by atoms with Crippen molar-refractivity contribution in [2.45, 2.75) is 95.1 Å². The van der Waals surface area contributed by atoms with Crippen LogP contribution in [0.2, 0.25) is 5.02 Å². The number of hydrogen-bond donors (Lipinski definition) is 3. The van der Waals surface area contributed by atoms with Crippen LogP contribution in [0.1, 0.15) is 85.7 Å². The second kappa shape index (κ2) is 15.9. The lowest BCUT2D eigenvalue weighted by Gasteiger charge is -2.31. The average Bonchev–Trinajstić information content (AvgIpc) is 3.90. The molecule has 56 heavy (non-hydrogen) atoms. The Morgan fingerprint density at radius 3 is 2.46 bits per heavy atom. The molecule has 1 aliphatic carbocycles. The summed E-state index contributed by atoms with van der Waals surface area (Å²) in [6, 6.07) is 16.2. The molecule has 10 nitrogen and oxygen atoms in total. The second-order valence-electron chi connectivity index (χ2n) is 15.0. The van der Waals surface area contributed by atoms with E-state index in [1.165, 1.54) is 7.11 Å². The van der Waals surface area contributed by atoms with E-state index in [4.69, 9.17) is 26.1 Å². The van der Waals surface area contributed by atoms with Crippen LogP contribution in [0.5, 0.6) is 11.8 Å². The smallest absolute Gasteiger partial charge is 0.419 e. The van der Waals surface area contributed by atoms with E-state index >= 15 is 0 Å². The number of carboxylic acid groups (broad SMARTS) is 1. The zero-order chi connectivity index (χ0) is 39.8. The molecule has 2 aromatic heterocycles. The first-order chi connectivity index (χ1) is 26.8. The lowest BCUT2D eigenvalue weighted by molar-refractivity contribution is -0.149. The lowest BCUT2D eigenvalue weighted by Crippen LogP contribution is -2.47. The first-order valence-electron chi connectivity index (χ1n) is 18.9. The molecule has 14 heteroatoms. The first-order valence-corrected chi connectivity index (χ1v) is 19.3. The third-order valence-electron chi connectivity index (χ3n) is 11.5. The van der Waals surface area contributed by atoms with E-state index in [0.29, 0.717) is 55.2 Å². The SMILES string of the molecule is COc1nc(-c2cccc(-c3cccc4c3CC[C@@H]4Nc3nc(OC)c(CN4CCC[C@]4(C)C(=O)O)cc3C(F)(F)F)c2Cl)ccc1CCC[C@@H]1CCC(=O)N1. The van der Waals surface area contributed by atoms with Crippen LogP contribution in [0.4, 0.5) is 19.0 Å². The van der Waals surface area contributed by atoms with Crippen molar-refractivity contribution >= 4 is 29.3 Å². The predicted octanol–water partition coefficient (Wildman–Crippen LogP) is 8.64. The van der Waals surface area contributed by atoms with Crippen molar-refractivity contribution in [2.24, 2.45) is 0 Å². The van der Waals surface area contributed by atoms with Crippen LogP contribution >= 0.6 is 11.6 Å². The number of hydrogen-bond acceptors (Lipinski definition) is 8. The van der Waals surface area contributed by atoms with Gasteiger partial charge in [0, 0.05) is 41.3 Å². The molecule has 2 saturated heterocycles. The molecule has 3 N–H and O–H groups in total. The number of methoxy groups -OCH3 is 2. The minimum Gasteiger partial charge on any atom is -0.481 e. The molecule has 1 amide bonds. The number of pyridine rings is 2. The number of amides is 1. The monoisotopic (exact) mass is 791 g/mol. The molecule has 0 spiro atoms. The van der Waals surface area contributed by atoms with Gasteiger partial charge in [-0.15, -0.1) is 0 Å². The molecule has 0 unspecified atom stereocenters. The number of anilines is 1. The van der Waals surface area contributed by atoms with Crippen molar-refractivity contribution in [3.05, 3.63) is 87.4 Å². The van der Waals surface area contributed by atoms with E-state index in [1.54, 1.807) is 18.9 Å². The number of halogens is 4. The van der Waals surface area contributed by atoms with Crippen LogP contribution in [0.15, 0.2) is 54.6 Å². The topological polar surface area (TPSA) is 126 Å². The first kappa shape index (κ1) is 39.4. The molecule has 0 saturated carbocycles. The Bertz CT molecular complexity index is 2150. The molecule has 2 fully saturated rings. The van der Waals surface area contributed by atoms with Crippen molar-refractivity contribution in [2.75, 3.05) is 26.1 Å². The Labute approximate surface area is 328 Å². The van der Waals surface area contributed by atoms with Crippen LogP contribution in [-0.2, 0) is 35.2 Å². The van der Waals surface area contributed by atoms with E-state index < -0.39 is 29.3 Å². The number of carbonyl (C=O) groups is 2. The fraction of sp³-hybridized carbons (Fsp3) is 0.429. The number of aromatic nitrogens is 2. The fourth-order valence-electron chi connectivity index (χ4n) is 8.45. The number of nitrogens with zero attached hydrogens (tertiary/aromatic N) is 3. The summed E-state index contributed by atoms with van der Waals surface area (Å²) < 4.78 is 55.2. The number of alkyl halides is 3. The molecule has 3 atom stereocenters. The zero-order valence-electron chi connectivity index (χ0n) is 31.6. The molecule has 0 bridgehead atoms. The van der Waals surface area contributed by atoms with Gasteiger partial charge >= 0.3 is 12.1 Å². The summed E-state index contributed by atoms with van der Waals surface area (Å²) in [5, 5.41) is 16.5. The van der Waals surface area contributed by atoms with Crippen LogP contribution in [-0.4, -0.2) is 64.2 Å². The Morgan fingerprint density at radius 1 is 1.02 bits per heavy atom. The number of aryl methyl sites for hydroxylation is 1. The van der Waals surface area contributed by atoms with Crippen molar-refractivity contribution in [3.63, 3.8) is 0 Å². The maximum Gasteiger partial charge on any atom is 0.419 e. The third kappa shape index (κ3) is 7.75. The summed E-state index contributed by atoms with van der Waals surface area (Å²) in [6.07, 6.45) is 1.35. The van der Waals surface area contributed by atoms with Crippen molar-refractivity contribution in [1.29, 1.82) is 0 Å². The number of aliphatic carboxylic acids is 1. The summed E-state index contributed by atoms with van der Waals surface area (Å²) in [7, 11) is 2.93. The Balaban J connectivity index is 1.14. The quantitative estimate of drug-likeness (QED) is 0.122. The van der Waals surface area contributed by atoms with Gasteiger partial charge in [0.15, 0.2) is 0 Å². The minimum atomic E-state index is -4.74. The van der Waals surface area contributed by atoms with Gasteiger partial charge < -0.3 is 25.2 Å². The van der Waals surface area contributed by atoms with Gasteiger partial charge in [0.1, 0.15) is 11.4 Å². The highest BCUT2D eigenvalue weighted by Gasteiger charge is 2.44. The number of ether oxygens (including phenoxy) is 2. The minimum absolute atomic E-state index is 0.00745. The van der Waals surface area contributed by atoms with E-state index in [9.17, 15) is 27.9 Å². The summed E-state index contributed by atoms with van der Waals surface area (Å²) in [6.45, 7) is 1.97. The van der Waals surface area contributed by atoms with E-state index in [1.807, 2.05) is 48.5 Å². The van der Waals surface area contributed by atoms with Crippen LogP contribution in [0, 0.1) is 0 Å². The van der Waals surface area contributed by atoms with Crippen molar-refractivity contribution in [3.8, 4) is 34.1 Å². The standard InChI is InChI=1S/C42H45ClF3N5O5/c1-41(40(53)54)20-7-21-51(41)23-25-22-32(42(44,45)46)37(50-39(25)56-3)48-33-18-16-28-27(10-5-11-29(28)33)30-12-6-13-31(36(30)43)34-17-14-24(38(49-34)55-2)8-4-9-26-15-19-35(52)47-26/h5-6,10-14,17,22,26,33H,4,7-9,15-16,18-21,23H2,1-3H3,(H,47,52)(H,48,50)(H,53,54)/t26-,33+,41-/m1/s1. The maximum absolute atomic E-state index is 14.7. The number of fused-ring (bicyclic) bond motifs is 1. The molecule has 0 radical (unpaired) electrons. The van der Waals surface area contributed by atoms with Crippen molar-refractivity contribution < 1.29 is 37.3 Å². The zero-order valence-corrected chi connectivity index (χ0v) is 32.3. The number of carboxylic acids is 1. The van der Waals surface area contributed by atoms with Gasteiger partial charge in [0.2, 0.25) is 17.7 Å². The molecule has 7 rings (SSSR count). The van der Waals surface area contributed by atoms with Crippen LogP contribution in [0.25, 0.3) is 22.4 Å². The summed E-state index contributed by atoms with van der Waals surface area (Å²) in [4.78, 5) is 34.5.